The first-order valence-electron chi connectivity index (χ1n) is 3.79. The topological polar surface area (TPSA) is 17.8 Å². The molecule has 0 aliphatic carbocycles. The highest BCUT2D eigenvalue weighted by atomic mass is 79.9. The molecule has 1 aromatic heterocycles. The molecule has 0 spiro atoms. The van der Waals surface area contributed by atoms with Gasteiger partial charge >= 0.3 is 0 Å². The van der Waals surface area contributed by atoms with Gasteiger partial charge in [0.1, 0.15) is 0 Å². The summed E-state index contributed by atoms with van der Waals surface area (Å²) in [5.74, 6) is 0.654. The Kier molecular flexibility index (Phi) is 2.71. The van der Waals surface area contributed by atoms with Gasteiger partial charge in [-0.05, 0) is 28.8 Å². The summed E-state index contributed by atoms with van der Waals surface area (Å²) in [6.07, 6.45) is 2.02. The highest BCUT2D eigenvalue weighted by molar-refractivity contribution is 9.10. The van der Waals surface area contributed by atoms with E-state index in [2.05, 4.69) is 34.9 Å². The zero-order valence-corrected chi connectivity index (χ0v) is 8.72. The molecule has 62 valence electrons. The largest absolute Gasteiger partial charge is 0.271 e. The maximum atomic E-state index is 4.32. The van der Waals surface area contributed by atoms with Gasteiger partial charge < -0.3 is 0 Å². The van der Waals surface area contributed by atoms with Gasteiger partial charge in [-0.3, -0.25) is 4.68 Å². The summed E-state index contributed by atoms with van der Waals surface area (Å²) in [5.41, 5.74) is 1.06. The van der Waals surface area contributed by atoms with E-state index in [0.717, 1.165) is 16.7 Å². The van der Waals surface area contributed by atoms with Crippen molar-refractivity contribution in [1.82, 2.24) is 9.78 Å². The third kappa shape index (κ3) is 2.33. The average molecular weight is 217 g/mol. The van der Waals surface area contributed by atoms with Gasteiger partial charge in [-0.15, -0.1) is 0 Å². The quantitative estimate of drug-likeness (QED) is 0.744. The molecule has 0 radical (unpaired) electrons. The lowest BCUT2D eigenvalue weighted by Gasteiger charge is -2.02. The first-order chi connectivity index (χ1) is 5.09. The second-order valence-corrected chi connectivity index (χ2v) is 4.03. The van der Waals surface area contributed by atoms with Crippen LogP contribution < -0.4 is 0 Å². The Morgan fingerprint density at radius 1 is 1.64 bits per heavy atom. The second kappa shape index (κ2) is 3.39. The van der Waals surface area contributed by atoms with E-state index >= 15 is 0 Å². The molecular weight excluding hydrogens is 204 g/mol. The molecule has 1 rings (SSSR count). The van der Waals surface area contributed by atoms with Gasteiger partial charge in [0, 0.05) is 12.7 Å². The molecule has 1 heterocycles. The zero-order chi connectivity index (χ0) is 8.43. The summed E-state index contributed by atoms with van der Waals surface area (Å²) in [6, 6.07) is 0. The summed E-state index contributed by atoms with van der Waals surface area (Å²) < 4.78 is 3.07. The van der Waals surface area contributed by atoms with Crippen LogP contribution in [-0.4, -0.2) is 9.78 Å². The zero-order valence-electron chi connectivity index (χ0n) is 7.13. The van der Waals surface area contributed by atoms with E-state index in [4.69, 9.17) is 0 Å². The number of hydrogen-bond donors (Lipinski definition) is 0. The van der Waals surface area contributed by atoms with Crippen LogP contribution in [0.3, 0.4) is 0 Å². The Morgan fingerprint density at radius 2 is 2.27 bits per heavy atom. The molecule has 0 saturated heterocycles. The average Bonchev–Trinajstić information content (AvgIpc) is 2.10. The Balaban J connectivity index is 2.73. The second-order valence-electron chi connectivity index (χ2n) is 3.18. The molecule has 11 heavy (non-hydrogen) atoms. The molecule has 3 heteroatoms. The fourth-order valence-electron chi connectivity index (χ4n) is 0.961. The number of aryl methyl sites for hydroxylation is 1. The van der Waals surface area contributed by atoms with E-state index in [0.29, 0.717) is 5.92 Å². The van der Waals surface area contributed by atoms with Gasteiger partial charge in [0.15, 0.2) is 0 Å². The van der Waals surface area contributed by atoms with E-state index < -0.39 is 0 Å². The van der Waals surface area contributed by atoms with E-state index in [-0.39, 0.29) is 0 Å². The van der Waals surface area contributed by atoms with Crippen LogP contribution in [0.25, 0.3) is 0 Å². The van der Waals surface area contributed by atoms with E-state index in [1.807, 2.05) is 17.8 Å². The van der Waals surface area contributed by atoms with Crippen LogP contribution in [0.5, 0.6) is 0 Å². The van der Waals surface area contributed by atoms with Crippen molar-refractivity contribution < 1.29 is 0 Å². The van der Waals surface area contributed by atoms with Crippen LogP contribution in [-0.2, 0) is 6.54 Å². The normalized spacial score (nSPS) is 11.0. The number of hydrogen-bond acceptors (Lipinski definition) is 1. The van der Waals surface area contributed by atoms with Crippen LogP contribution in [0.1, 0.15) is 19.5 Å². The molecule has 0 amide bonds. The Bertz CT molecular complexity index is 221. The molecule has 1 aromatic rings. The maximum absolute atomic E-state index is 4.32. The molecular formula is C8H13BrN2. The molecule has 0 unspecified atom stereocenters. The smallest absolute Gasteiger partial charge is 0.0735 e. The van der Waals surface area contributed by atoms with Crippen LogP contribution >= 0.6 is 15.9 Å². The molecule has 0 aromatic carbocycles. The highest BCUT2D eigenvalue weighted by Gasteiger charge is 2.01. The fourth-order valence-corrected chi connectivity index (χ4v) is 1.28. The molecule has 0 bridgehead atoms. The summed E-state index contributed by atoms with van der Waals surface area (Å²) in [6.45, 7) is 7.36. The maximum Gasteiger partial charge on any atom is 0.0735 e. The molecule has 0 aliphatic heterocycles. The molecule has 0 N–H and O–H groups in total. The lowest BCUT2D eigenvalue weighted by Crippen LogP contribution is -2.04. The van der Waals surface area contributed by atoms with Crippen molar-refractivity contribution in [2.24, 2.45) is 5.92 Å². The van der Waals surface area contributed by atoms with Crippen LogP contribution in [0.2, 0.25) is 0 Å². The van der Waals surface area contributed by atoms with Crippen LogP contribution in [0.4, 0.5) is 0 Å². The lowest BCUT2D eigenvalue weighted by atomic mass is 10.2. The van der Waals surface area contributed by atoms with Crippen molar-refractivity contribution >= 4 is 15.9 Å². The molecule has 0 fully saturated rings. The van der Waals surface area contributed by atoms with Crippen LogP contribution in [0, 0.1) is 12.8 Å². The third-order valence-corrected chi connectivity index (χ3v) is 2.22. The van der Waals surface area contributed by atoms with Gasteiger partial charge in [-0.1, -0.05) is 13.8 Å². The monoisotopic (exact) mass is 216 g/mol. The Labute approximate surface area is 75.7 Å². The van der Waals surface area contributed by atoms with Crippen molar-refractivity contribution in [3.05, 3.63) is 16.4 Å². The van der Waals surface area contributed by atoms with E-state index in [9.17, 15) is 0 Å². The number of rotatable bonds is 2. The van der Waals surface area contributed by atoms with Crippen molar-refractivity contribution in [1.29, 1.82) is 0 Å². The summed E-state index contributed by atoms with van der Waals surface area (Å²) >= 11 is 3.42. The van der Waals surface area contributed by atoms with Crippen LogP contribution in [0.15, 0.2) is 10.7 Å². The predicted molar refractivity (Wildman–Crippen MR) is 49.5 cm³/mol. The standard InChI is InChI=1S/C8H13BrN2/c1-6(2)4-11-5-8(9)7(3)10-11/h5-6H,4H2,1-3H3. The summed E-state index contributed by atoms with van der Waals surface area (Å²) in [4.78, 5) is 0. The predicted octanol–water partition coefficient (Wildman–Crippen LogP) is 2.61. The first kappa shape index (κ1) is 8.78. The van der Waals surface area contributed by atoms with Crippen molar-refractivity contribution in [2.75, 3.05) is 0 Å². The van der Waals surface area contributed by atoms with E-state index in [1.165, 1.54) is 0 Å². The first-order valence-corrected chi connectivity index (χ1v) is 4.58. The third-order valence-electron chi connectivity index (χ3n) is 1.44. The number of nitrogens with zero attached hydrogens (tertiary/aromatic N) is 2. The number of aromatic nitrogens is 2. The lowest BCUT2D eigenvalue weighted by molar-refractivity contribution is 0.481. The Morgan fingerprint density at radius 3 is 2.64 bits per heavy atom. The summed E-state index contributed by atoms with van der Waals surface area (Å²) in [7, 11) is 0. The van der Waals surface area contributed by atoms with Crippen molar-refractivity contribution in [3.8, 4) is 0 Å². The molecule has 0 aliphatic rings. The summed E-state index contributed by atoms with van der Waals surface area (Å²) in [5, 5.41) is 4.32. The van der Waals surface area contributed by atoms with Crippen molar-refractivity contribution in [3.63, 3.8) is 0 Å². The fraction of sp³-hybridized carbons (Fsp3) is 0.625. The van der Waals surface area contributed by atoms with Gasteiger partial charge in [-0.2, -0.15) is 5.10 Å². The molecule has 2 nitrogen and oxygen atoms in total. The Hall–Kier alpha value is -0.310. The molecule has 0 atom stereocenters. The molecule has 0 saturated carbocycles. The van der Waals surface area contributed by atoms with E-state index in [1.54, 1.807) is 0 Å². The highest BCUT2D eigenvalue weighted by Crippen LogP contribution is 2.13. The SMILES string of the molecule is Cc1nn(CC(C)C)cc1Br. The minimum atomic E-state index is 0.654. The van der Waals surface area contributed by atoms with Gasteiger partial charge in [0.25, 0.3) is 0 Å². The minimum absolute atomic E-state index is 0.654. The minimum Gasteiger partial charge on any atom is -0.271 e. The van der Waals surface area contributed by atoms with Gasteiger partial charge in [0.2, 0.25) is 0 Å². The van der Waals surface area contributed by atoms with Crippen molar-refractivity contribution in [2.45, 2.75) is 27.3 Å². The number of halogens is 1. The van der Waals surface area contributed by atoms with Gasteiger partial charge in [-0.25, -0.2) is 0 Å². The van der Waals surface area contributed by atoms with Gasteiger partial charge in [0.05, 0.1) is 10.2 Å².